The summed E-state index contributed by atoms with van der Waals surface area (Å²) in [6.45, 7) is 5.02. The highest BCUT2D eigenvalue weighted by molar-refractivity contribution is 5.90. The third-order valence-electron chi connectivity index (χ3n) is 4.46. The molecule has 0 N–H and O–H groups in total. The number of anilines is 1. The summed E-state index contributed by atoms with van der Waals surface area (Å²) in [6.07, 6.45) is 3.91. The van der Waals surface area contributed by atoms with Crippen LogP contribution in [0.3, 0.4) is 0 Å². The maximum atomic E-state index is 12.9. The predicted molar refractivity (Wildman–Crippen MR) is 91.6 cm³/mol. The molecule has 1 fully saturated rings. The van der Waals surface area contributed by atoms with Crippen molar-refractivity contribution in [1.29, 1.82) is 0 Å². The Morgan fingerprint density at radius 1 is 1.26 bits per heavy atom. The first-order valence-electron chi connectivity index (χ1n) is 8.08. The van der Waals surface area contributed by atoms with Crippen molar-refractivity contribution in [3.63, 3.8) is 0 Å². The van der Waals surface area contributed by atoms with Crippen molar-refractivity contribution in [3.8, 4) is 0 Å². The second-order valence-corrected chi connectivity index (χ2v) is 6.46. The number of hydrogen-bond acceptors (Lipinski definition) is 2. The summed E-state index contributed by atoms with van der Waals surface area (Å²) in [5.41, 5.74) is 3.73. The van der Waals surface area contributed by atoms with Crippen LogP contribution in [-0.4, -0.2) is 34.3 Å². The van der Waals surface area contributed by atoms with Gasteiger partial charge in [-0.2, -0.15) is 5.10 Å². The Kier molecular flexibility index (Phi) is 4.11. The van der Waals surface area contributed by atoms with E-state index in [0.717, 1.165) is 19.4 Å². The van der Waals surface area contributed by atoms with Gasteiger partial charge >= 0.3 is 6.03 Å². The summed E-state index contributed by atoms with van der Waals surface area (Å²) in [5, 5.41) is 4.32. The molecule has 1 unspecified atom stereocenters. The second kappa shape index (κ2) is 6.07. The first kappa shape index (κ1) is 15.6. The van der Waals surface area contributed by atoms with Gasteiger partial charge in [-0.25, -0.2) is 4.79 Å². The molecule has 5 heteroatoms. The zero-order valence-corrected chi connectivity index (χ0v) is 14.3. The van der Waals surface area contributed by atoms with Crippen LogP contribution >= 0.6 is 0 Å². The van der Waals surface area contributed by atoms with Gasteiger partial charge < -0.3 is 4.90 Å². The Balaban J connectivity index is 1.84. The lowest BCUT2D eigenvalue weighted by atomic mass is 10.00. The third kappa shape index (κ3) is 3.09. The number of hydrogen-bond donors (Lipinski definition) is 0. The van der Waals surface area contributed by atoms with E-state index in [1.807, 2.05) is 24.2 Å². The van der Waals surface area contributed by atoms with Crippen molar-refractivity contribution in [3.05, 3.63) is 47.2 Å². The molecule has 2 heterocycles. The topological polar surface area (TPSA) is 41.4 Å². The van der Waals surface area contributed by atoms with Gasteiger partial charge in [0.1, 0.15) is 0 Å². The Hall–Kier alpha value is -2.30. The highest BCUT2D eigenvalue weighted by atomic mass is 16.2. The molecule has 1 aliphatic rings. The fraction of sp³-hybridized carbons (Fsp3) is 0.444. The van der Waals surface area contributed by atoms with Crippen molar-refractivity contribution >= 4 is 11.8 Å². The highest BCUT2D eigenvalue weighted by Gasteiger charge is 2.32. The summed E-state index contributed by atoms with van der Waals surface area (Å²) in [6, 6.07) is 8.61. The molecule has 1 aromatic carbocycles. The lowest BCUT2D eigenvalue weighted by Gasteiger charge is -2.29. The Morgan fingerprint density at radius 2 is 1.96 bits per heavy atom. The molecule has 122 valence electrons. The maximum absolute atomic E-state index is 12.9. The standard InChI is InChI=1S/C18H24N4O/c1-13-10-14(2)12-15(11-13)16-6-5-8-22(16)18(23)21(4)17-7-9-20(3)19-17/h7,9-12,16H,5-6,8H2,1-4H3. The number of nitrogens with zero attached hydrogens (tertiary/aromatic N) is 4. The number of amides is 2. The van der Waals surface area contributed by atoms with E-state index in [1.165, 1.54) is 16.7 Å². The zero-order chi connectivity index (χ0) is 16.6. The van der Waals surface area contributed by atoms with E-state index in [0.29, 0.717) is 5.82 Å². The fourth-order valence-corrected chi connectivity index (χ4v) is 3.42. The van der Waals surface area contributed by atoms with Crippen LogP contribution in [0.5, 0.6) is 0 Å². The van der Waals surface area contributed by atoms with E-state index in [4.69, 9.17) is 0 Å². The van der Waals surface area contributed by atoms with Crippen LogP contribution in [0.25, 0.3) is 0 Å². The molecule has 1 saturated heterocycles. The van der Waals surface area contributed by atoms with E-state index in [9.17, 15) is 4.79 Å². The average Bonchev–Trinajstić information content (AvgIpc) is 3.13. The molecule has 0 radical (unpaired) electrons. The Morgan fingerprint density at radius 3 is 2.57 bits per heavy atom. The summed E-state index contributed by atoms with van der Waals surface area (Å²) in [7, 11) is 3.65. The quantitative estimate of drug-likeness (QED) is 0.852. The molecule has 1 aromatic heterocycles. The van der Waals surface area contributed by atoms with E-state index >= 15 is 0 Å². The third-order valence-corrected chi connectivity index (χ3v) is 4.46. The van der Waals surface area contributed by atoms with E-state index in [-0.39, 0.29) is 12.1 Å². The number of rotatable bonds is 2. The number of likely N-dealkylation sites (tertiary alicyclic amines) is 1. The molecular formula is C18H24N4O. The number of benzene rings is 1. The predicted octanol–water partition coefficient (Wildman–Crippen LogP) is 3.43. The monoisotopic (exact) mass is 312 g/mol. The van der Waals surface area contributed by atoms with Crippen LogP contribution in [0.1, 0.15) is 35.6 Å². The molecule has 1 atom stereocenters. The van der Waals surface area contributed by atoms with E-state index in [1.54, 1.807) is 16.6 Å². The van der Waals surface area contributed by atoms with Gasteiger partial charge in [0.15, 0.2) is 5.82 Å². The van der Waals surface area contributed by atoms with Gasteiger partial charge in [0.25, 0.3) is 0 Å². The van der Waals surface area contributed by atoms with E-state index in [2.05, 4.69) is 37.1 Å². The number of aromatic nitrogens is 2. The van der Waals surface area contributed by atoms with Crippen LogP contribution in [-0.2, 0) is 7.05 Å². The average molecular weight is 312 g/mol. The lowest BCUT2D eigenvalue weighted by molar-refractivity contribution is 0.201. The SMILES string of the molecule is Cc1cc(C)cc(C2CCCN2C(=O)N(C)c2ccn(C)n2)c1. The fourth-order valence-electron chi connectivity index (χ4n) is 3.42. The second-order valence-electron chi connectivity index (χ2n) is 6.46. The van der Waals surface area contributed by atoms with Crippen LogP contribution in [0.4, 0.5) is 10.6 Å². The van der Waals surface area contributed by atoms with Crippen molar-refractivity contribution in [1.82, 2.24) is 14.7 Å². The van der Waals surface area contributed by atoms with Gasteiger partial charge in [-0.15, -0.1) is 0 Å². The smallest absolute Gasteiger partial charge is 0.317 e. The molecule has 0 bridgehead atoms. The molecule has 3 rings (SSSR count). The van der Waals surface area contributed by atoms with Crippen LogP contribution < -0.4 is 4.90 Å². The van der Waals surface area contributed by atoms with Crippen LogP contribution in [0.15, 0.2) is 30.5 Å². The van der Waals surface area contributed by atoms with Crippen molar-refractivity contribution < 1.29 is 4.79 Å². The molecule has 1 aliphatic heterocycles. The maximum Gasteiger partial charge on any atom is 0.325 e. The first-order valence-corrected chi connectivity index (χ1v) is 8.08. The number of aryl methyl sites for hydroxylation is 3. The largest absolute Gasteiger partial charge is 0.325 e. The molecule has 23 heavy (non-hydrogen) atoms. The minimum absolute atomic E-state index is 0.0189. The minimum Gasteiger partial charge on any atom is -0.317 e. The number of urea groups is 1. The van der Waals surface area contributed by atoms with Gasteiger partial charge in [-0.3, -0.25) is 9.58 Å². The van der Waals surface area contributed by atoms with Crippen molar-refractivity contribution in [2.45, 2.75) is 32.7 Å². The first-order chi connectivity index (χ1) is 11.0. The molecular weight excluding hydrogens is 288 g/mol. The molecule has 0 saturated carbocycles. The summed E-state index contributed by atoms with van der Waals surface area (Å²) in [4.78, 5) is 16.5. The van der Waals surface area contributed by atoms with Gasteiger partial charge in [0, 0.05) is 32.9 Å². The Labute approximate surface area is 137 Å². The zero-order valence-electron chi connectivity index (χ0n) is 14.3. The van der Waals surface area contributed by atoms with Crippen LogP contribution in [0, 0.1) is 13.8 Å². The molecule has 2 aromatic rings. The van der Waals surface area contributed by atoms with Gasteiger partial charge in [-0.05, 0) is 32.3 Å². The summed E-state index contributed by atoms with van der Waals surface area (Å²) in [5.74, 6) is 0.684. The van der Waals surface area contributed by atoms with Gasteiger partial charge in [0.05, 0.1) is 6.04 Å². The minimum atomic E-state index is 0.0189. The molecule has 5 nitrogen and oxygen atoms in total. The van der Waals surface area contributed by atoms with Crippen molar-refractivity contribution in [2.75, 3.05) is 18.5 Å². The van der Waals surface area contributed by atoms with Crippen molar-refractivity contribution in [2.24, 2.45) is 7.05 Å². The molecule has 2 amide bonds. The molecule has 0 spiro atoms. The van der Waals surface area contributed by atoms with E-state index < -0.39 is 0 Å². The summed E-state index contributed by atoms with van der Waals surface area (Å²) >= 11 is 0. The Bertz CT molecular complexity index is 701. The van der Waals surface area contributed by atoms with Gasteiger partial charge in [-0.1, -0.05) is 29.3 Å². The van der Waals surface area contributed by atoms with Crippen LogP contribution in [0.2, 0.25) is 0 Å². The normalized spacial score (nSPS) is 17.6. The molecule has 0 aliphatic carbocycles. The number of carbonyl (C=O) groups excluding carboxylic acids is 1. The van der Waals surface area contributed by atoms with Gasteiger partial charge in [0.2, 0.25) is 0 Å². The lowest BCUT2D eigenvalue weighted by Crippen LogP contribution is -2.41. The summed E-state index contributed by atoms with van der Waals surface area (Å²) < 4.78 is 1.71. The number of carbonyl (C=O) groups is 1. The highest BCUT2D eigenvalue weighted by Crippen LogP contribution is 2.34.